The number of urea groups is 1. The quantitative estimate of drug-likeness (QED) is 0.182. The van der Waals surface area contributed by atoms with Crippen molar-refractivity contribution in [1.29, 1.82) is 0 Å². The molecule has 3 N–H and O–H groups in total. The van der Waals surface area contributed by atoms with Gasteiger partial charge < -0.3 is 25.5 Å². The van der Waals surface area contributed by atoms with E-state index in [2.05, 4.69) is 9.97 Å². The summed E-state index contributed by atoms with van der Waals surface area (Å²) in [5.74, 6) is -1.74. The van der Waals surface area contributed by atoms with Crippen LogP contribution in [0.5, 0.6) is 0 Å². The summed E-state index contributed by atoms with van der Waals surface area (Å²) in [5, 5.41) is 10.8. The number of carbonyl (C=O) groups is 3. The minimum absolute atomic E-state index is 0.0618. The highest BCUT2D eigenvalue weighted by atomic mass is 19.4. The molecule has 5 rings (SSSR count). The van der Waals surface area contributed by atoms with E-state index in [1.54, 1.807) is 35.5 Å². The van der Waals surface area contributed by atoms with Gasteiger partial charge >= 0.3 is 24.4 Å². The van der Waals surface area contributed by atoms with E-state index in [0.29, 0.717) is 36.7 Å². The van der Waals surface area contributed by atoms with Crippen molar-refractivity contribution < 1.29 is 45.8 Å². The van der Waals surface area contributed by atoms with E-state index in [1.807, 2.05) is 35.2 Å². The van der Waals surface area contributed by atoms with E-state index in [-0.39, 0.29) is 18.5 Å². The van der Waals surface area contributed by atoms with Crippen molar-refractivity contribution in [2.45, 2.75) is 24.8 Å². The van der Waals surface area contributed by atoms with Crippen LogP contribution >= 0.6 is 0 Å². The Morgan fingerprint density at radius 1 is 0.860 bits per heavy atom. The van der Waals surface area contributed by atoms with Gasteiger partial charge in [0.05, 0.1) is 17.2 Å². The second-order valence-corrected chi connectivity index (χ2v) is 11.2. The third-order valence-electron chi connectivity index (χ3n) is 7.80. The van der Waals surface area contributed by atoms with Gasteiger partial charge in [0, 0.05) is 57.3 Å². The number of piperazine rings is 1. The zero-order chi connectivity index (χ0) is 36.6. The summed E-state index contributed by atoms with van der Waals surface area (Å²) in [6.07, 6.45) is -4.80. The van der Waals surface area contributed by atoms with Gasteiger partial charge in [-0.2, -0.15) is 26.3 Å². The fourth-order valence-corrected chi connectivity index (χ4v) is 5.15. The van der Waals surface area contributed by atoms with Gasteiger partial charge in [-0.1, -0.05) is 48.5 Å². The summed E-state index contributed by atoms with van der Waals surface area (Å²) in [7, 11) is 1.19. The third kappa shape index (κ3) is 9.93. The van der Waals surface area contributed by atoms with Crippen LogP contribution < -0.4 is 10.6 Å². The fraction of sp³-hybridized carbons (Fsp3) is 0.265. The number of nitrogens with zero attached hydrogens (tertiary/aromatic N) is 5. The maximum atomic E-state index is 13.2. The summed E-state index contributed by atoms with van der Waals surface area (Å²) in [4.78, 5) is 47.9. The number of aromatic nitrogens is 2. The van der Waals surface area contributed by atoms with E-state index >= 15 is 0 Å². The molecular formula is C34H32F6N6O4. The number of carboxylic acids is 1. The number of nitrogens with two attached hydrogens (primary N) is 1. The molecule has 3 aromatic carbocycles. The molecule has 0 bridgehead atoms. The van der Waals surface area contributed by atoms with Gasteiger partial charge in [-0.05, 0) is 47.0 Å². The predicted molar refractivity (Wildman–Crippen MR) is 172 cm³/mol. The van der Waals surface area contributed by atoms with Gasteiger partial charge in [-0.15, -0.1) is 0 Å². The molecule has 0 saturated carbocycles. The monoisotopic (exact) mass is 702 g/mol. The zero-order valence-electron chi connectivity index (χ0n) is 26.5. The van der Waals surface area contributed by atoms with E-state index in [0.717, 1.165) is 40.9 Å². The summed E-state index contributed by atoms with van der Waals surface area (Å²) in [6.45, 7) is 2.72. The molecule has 1 aliphatic rings. The summed E-state index contributed by atoms with van der Waals surface area (Å²) in [6, 6.07) is 13.8. The van der Waals surface area contributed by atoms with E-state index < -0.39 is 47.0 Å². The molecule has 1 fully saturated rings. The zero-order valence-corrected chi connectivity index (χ0v) is 26.5. The molecule has 0 aliphatic carbocycles. The lowest BCUT2D eigenvalue weighted by Crippen LogP contribution is -2.50. The molecule has 1 atom stereocenters. The van der Waals surface area contributed by atoms with Crippen molar-refractivity contribution in [3.05, 3.63) is 114 Å². The molecular weight excluding hydrogens is 670 g/mol. The van der Waals surface area contributed by atoms with Crippen LogP contribution in [0.2, 0.25) is 0 Å². The molecule has 10 nitrogen and oxygen atoms in total. The van der Waals surface area contributed by atoms with E-state index in [1.165, 1.54) is 7.05 Å². The van der Waals surface area contributed by atoms with Crippen molar-refractivity contribution in [2.24, 2.45) is 5.73 Å². The lowest BCUT2D eigenvalue weighted by Gasteiger charge is -2.33. The predicted octanol–water partition coefficient (Wildman–Crippen LogP) is 5.88. The maximum absolute atomic E-state index is 13.2. The number of anilines is 1. The molecule has 2 heterocycles. The van der Waals surface area contributed by atoms with Gasteiger partial charge in [-0.25, -0.2) is 19.6 Å². The third-order valence-corrected chi connectivity index (χ3v) is 7.80. The minimum atomic E-state index is -5.11. The molecule has 0 spiro atoms. The number of fused-ring (bicyclic) bond motifs is 1. The fourth-order valence-electron chi connectivity index (χ4n) is 5.15. The number of carbonyl (C=O) groups excluding carboxylic acids is 2. The number of hydrogen-bond acceptors (Lipinski definition) is 6. The first-order valence-electron chi connectivity index (χ1n) is 15.0. The van der Waals surface area contributed by atoms with Crippen LogP contribution in [0.3, 0.4) is 0 Å². The first-order valence-corrected chi connectivity index (χ1v) is 15.0. The molecule has 4 aromatic rings. The Bertz CT molecular complexity index is 1810. The van der Waals surface area contributed by atoms with E-state index in [9.17, 15) is 40.7 Å². The first kappa shape index (κ1) is 37.2. The van der Waals surface area contributed by atoms with Gasteiger partial charge in [0.1, 0.15) is 0 Å². The Hall–Kier alpha value is -5.67. The molecule has 16 heteroatoms. The van der Waals surface area contributed by atoms with Crippen molar-refractivity contribution in [2.75, 3.05) is 38.1 Å². The van der Waals surface area contributed by atoms with E-state index in [4.69, 9.17) is 10.8 Å². The number of halogens is 6. The molecule has 1 aromatic heterocycles. The second kappa shape index (κ2) is 15.7. The van der Waals surface area contributed by atoms with Gasteiger partial charge in [0.25, 0.3) is 5.91 Å². The molecule has 50 heavy (non-hydrogen) atoms. The number of benzene rings is 3. The summed E-state index contributed by atoms with van der Waals surface area (Å²) in [5.41, 5.74) is 1.83. The van der Waals surface area contributed by atoms with Crippen LogP contribution in [0.15, 0.2) is 91.3 Å². The Balaban J connectivity index is 0.000000310. The van der Waals surface area contributed by atoms with Crippen LogP contribution in [0, 0.1) is 0 Å². The van der Waals surface area contributed by atoms with Gasteiger partial charge in [0.2, 0.25) is 5.95 Å². The summed E-state index contributed by atoms with van der Waals surface area (Å²) < 4.78 is 79.3. The standard InChI is InChI=1S/C25H19F6NO3.C9H13N5O/c1-32(23(35)18-12-19(24(26,27)28)14-20(13-18)25(29,30)31)21(8-9-22(33)34)11-15-6-7-16-4-2-3-5-17(16)10-15;10-8(15)13-4-6-14(7-5-13)9-11-2-1-3-12-9/h2-10,12-14,21H,11H2,1H3,(H,33,34);1-3H,4-7H2,(H2,10,15). The van der Waals surface area contributed by atoms with Crippen molar-refractivity contribution in [3.8, 4) is 0 Å². The smallest absolute Gasteiger partial charge is 0.416 e. The highest BCUT2D eigenvalue weighted by Crippen LogP contribution is 2.36. The lowest BCUT2D eigenvalue weighted by atomic mass is 9.99. The Kier molecular flexibility index (Phi) is 11.7. The van der Waals surface area contributed by atoms with Gasteiger partial charge in [-0.3, -0.25) is 4.79 Å². The highest BCUT2D eigenvalue weighted by Gasteiger charge is 2.38. The SMILES string of the molecule is CN(C(=O)c1cc(C(F)(F)F)cc(C(F)(F)F)c1)C(C=CC(=O)O)Cc1ccc2ccccc2c1.NC(=O)N1CCN(c2ncccn2)CC1. The van der Waals surface area contributed by atoms with Crippen LogP contribution in [0.4, 0.5) is 37.1 Å². The molecule has 0 radical (unpaired) electrons. The number of likely N-dealkylation sites (N-methyl/N-ethyl adjacent to an activating group) is 1. The Labute approximate surface area is 282 Å². The van der Waals surface area contributed by atoms with Gasteiger partial charge in [0.15, 0.2) is 0 Å². The number of amides is 3. The molecule has 3 amide bonds. The molecule has 1 aliphatic heterocycles. The number of primary amides is 1. The van der Waals surface area contributed by atoms with Crippen molar-refractivity contribution in [3.63, 3.8) is 0 Å². The number of rotatable bonds is 7. The van der Waals surface area contributed by atoms with Crippen LogP contribution in [-0.2, 0) is 23.6 Å². The molecule has 1 saturated heterocycles. The molecule has 1 unspecified atom stereocenters. The number of hydrogen-bond donors (Lipinski definition) is 2. The molecule has 264 valence electrons. The largest absolute Gasteiger partial charge is 0.478 e. The number of alkyl halides is 6. The van der Waals surface area contributed by atoms with Crippen LogP contribution in [0.1, 0.15) is 27.0 Å². The van der Waals surface area contributed by atoms with Crippen molar-refractivity contribution in [1.82, 2.24) is 19.8 Å². The average molecular weight is 703 g/mol. The van der Waals surface area contributed by atoms with Crippen molar-refractivity contribution >= 4 is 34.6 Å². The Morgan fingerprint density at radius 2 is 1.44 bits per heavy atom. The average Bonchev–Trinajstić information content (AvgIpc) is 3.09. The first-order chi connectivity index (χ1) is 23.5. The Morgan fingerprint density at radius 3 is 1.98 bits per heavy atom. The number of carboxylic acid groups (broad SMARTS) is 1. The van der Waals surface area contributed by atoms with Crippen LogP contribution in [0.25, 0.3) is 10.8 Å². The second-order valence-electron chi connectivity index (χ2n) is 11.2. The normalized spacial score (nSPS) is 14.2. The number of aliphatic carboxylic acids is 1. The highest BCUT2D eigenvalue weighted by molar-refractivity contribution is 5.95. The topological polar surface area (TPSA) is 133 Å². The minimum Gasteiger partial charge on any atom is -0.478 e. The summed E-state index contributed by atoms with van der Waals surface area (Å²) >= 11 is 0. The lowest BCUT2D eigenvalue weighted by molar-refractivity contribution is -0.143. The maximum Gasteiger partial charge on any atom is 0.416 e. The van der Waals surface area contributed by atoms with Crippen LogP contribution in [-0.4, -0.2) is 82.1 Å².